The molecular weight excluding hydrogens is 473 g/mol. The molecule has 0 bridgehead atoms. The minimum atomic E-state index is -3.76. The molecule has 2 aromatic carbocycles. The van der Waals surface area contributed by atoms with Gasteiger partial charge < -0.3 is 4.74 Å². The van der Waals surface area contributed by atoms with Gasteiger partial charge in [-0.05, 0) is 37.3 Å². The number of rotatable bonds is 6. The molecule has 11 heteroatoms. The Kier molecular flexibility index (Phi) is 6.62. The van der Waals surface area contributed by atoms with Crippen LogP contribution in [0.5, 0.6) is 0 Å². The van der Waals surface area contributed by atoms with Gasteiger partial charge in [0.2, 0.25) is 10.0 Å². The number of sulfonamides is 1. The lowest BCUT2D eigenvalue weighted by atomic mass is 10.1. The fourth-order valence-electron chi connectivity index (χ4n) is 2.74. The van der Waals surface area contributed by atoms with Crippen LogP contribution >= 0.6 is 34.8 Å². The lowest BCUT2D eigenvalue weighted by Gasteiger charge is -2.12. The quantitative estimate of drug-likeness (QED) is 0.491. The van der Waals surface area contributed by atoms with E-state index < -0.39 is 16.0 Å². The first kappa shape index (κ1) is 22.4. The van der Waals surface area contributed by atoms with Crippen molar-refractivity contribution in [3.63, 3.8) is 0 Å². The molecule has 158 valence electrons. The molecule has 3 aromatic rings. The summed E-state index contributed by atoms with van der Waals surface area (Å²) in [6.07, 6.45) is 0.972. The van der Waals surface area contributed by atoms with Gasteiger partial charge in [-0.15, -0.1) is 0 Å². The van der Waals surface area contributed by atoms with Gasteiger partial charge in [0, 0.05) is 15.6 Å². The highest BCUT2D eigenvalue weighted by Gasteiger charge is 2.28. The molecule has 0 spiro atoms. The first-order valence-corrected chi connectivity index (χ1v) is 11.6. The molecule has 30 heavy (non-hydrogen) atoms. The molecule has 1 N–H and O–H groups in total. The van der Waals surface area contributed by atoms with E-state index in [1.807, 2.05) is 0 Å². The zero-order chi connectivity index (χ0) is 22.1. The number of halogens is 3. The number of ether oxygens (including phenoxy) is 1. The molecule has 3 rings (SSSR count). The van der Waals surface area contributed by atoms with Crippen molar-refractivity contribution in [1.82, 2.24) is 9.78 Å². The summed E-state index contributed by atoms with van der Waals surface area (Å²) in [5, 5.41) is 5.47. The Morgan fingerprint density at radius 1 is 1.10 bits per heavy atom. The first-order chi connectivity index (χ1) is 14.1. The number of nitrogens with zero attached hydrogens (tertiary/aromatic N) is 2. The number of anilines is 1. The first-order valence-electron chi connectivity index (χ1n) is 8.60. The molecule has 0 unspecified atom stereocenters. The van der Waals surface area contributed by atoms with E-state index in [1.165, 1.54) is 10.7 Å². The standard InChI is InChI=1S/C19H16Cl3N3O4S/c1-3-29-19(26)17-16(24-30(2,27)28)18(11-4-6-12(20)7-5-11)25(23-17)15-9-8-13(21)10-14(15)22/h4-10,24H,3H2,1-2H3. The number of carbonyl (C=O) groups is 1. The van der Waals surface area contributed by atoms with Crippen molar-refractivity contribution >= 4 is 56.5 Å². The highest BCUT2D eigenvalue weighted by molar-refractivity contribution is 7.92. The number of aromatic nitrogens is 2. The fraction of sp³-hybridized carbons (Fsp3) is 0.158. The van der Waals surface area contributed by atoms with E-state index in [4.69, 9.17) is 39.5 Å². The number of carbonyl (C=O) groups excluding carboxylic acids is 1. The Hall–Kier alpha value is -2.26. The summed E-state index contributed by atoms with van der Waals surface area (Å²) in [5.41, 5.74) is 0.963. The van der Waals surface area contributed by atoms with E-state index in [1.54, 1.807) is 43.3 Å². The second-order valence-corrected chi connectivity index (χ2v) is 9.21. The molecule has 0 saturated carbocycles. The van der Waals surface area contributed by atoms with Crippen LogP contribution in [0.3, 0.4) is 0 Å². The highest BCUT2D eigenvalue weighted by atomic mass is 35.5. The third kappa shape index (κ3) is 4.89. The molecule has 7 nitrogen and oxygen atoms in total. The molecule has 0 saturated heterocycles. The number of benzene rings is 2. The van der Waals surface area contributed by atoms with Crippen molar-refractivity contribution in [2.75, 3.05) is 17.6 Å². The Bertz CT molecular complexity index is 1210. The lowest BCUT2D eigenvalue weighted by Crippen LogP contribution is -2.14. The van der Waals surface area contributed by atoms with Gasteiger partial charge in [0.25, 0.3) is 0 Å². The summed E-state index contributed by atoms with van der Waals surface area (Å²) in [6, 6.07) is 11.3. The summed E-state index contributed by atoms with van der Waals surface area (Å²) in [5.74, 6) is -0.789. The van der Waals surface area contributed by atoms with Crippen LogP contribution in [0.1, 0.15) is 17.4 Å². The van der Waals surface area contributed by atoms with Gasteiger partial charge in [0.15, 0.2) is 5.69 Å². The smallest absolute Gasteiger partial charge is 0.361 e. The second-order valence-electron chi connectivity index (χ2n) is 6.18. The van der Waals surface area contributed by atoms with E-state index in [-0.39, 0.29) is 28.7 Å². The van der Waals surface area contributed by atoms with Crippen LogP contribution in [0.4, 0.5) is 5.69 Å². The van der Waals surface area contributed by atoms with Gasteiger partial charge in [0.1, 0.15) is 5.69 Å². The van der Waals surface area contributed by atoms with Crippen LogP contribution in [-0.2, 0) is 14.8 Å². The second kappa shape index (κ2) is 8.85. The zero-order valence-electron chi connectivity index (χ0n) is 15.8. The summed E-state index contributed by atoms with van der Waals surface area (Å²) < 4.78 is 32.9. The van der Waals surface area contributed by atoms with Crippen LogP contribution in [0, 0.1) is 0 Å². The monoisotopic (exact) mass is 487 g/mol. The predicted octanol–water partition coefficient (Wildman–Crippen LogP) is 5.05. The zero-order valence-corrected chi connectivity index (χ0v) is 18.9. The normalized spacial score (nSPS) is 11.4. The molecule has 0 aliphatic rings. The van der Waals surface area contributed by atoms with E-state index in [0.29, 0.717) is 21.3 Å². The molecule has 0 atom stereocenters. The van der Waals surface area contributed by atoms with Crippen LogP contribution in [0.25, 0.3) is 16.9 Å². The Morgan fingerprint density at radius 2 is 1.73 bits per heavy atom. The average molecular weight is 489 g/mol. The molecule has 0 radical (unpaired) electrons. The number of nitrogens with one attached hydrogen (secondary N) is 1. The Balaban J connectivity index is 2.38. The van der Waals surface area contributed by atoms with Crippen LogP contribution < -0.4 is 4.72 Å². The predicted molar refractivity (Wildman–Crippen MR) is 118 cm³/mol. The van der Waals surface area contributed by atoms with Crippen molar-refractivity contribution in [2.24, 2.45) is 0 Å². The molecule has 0 fully saturated rings. The van der Waals surface area contributed by atoms with E-state index >= 15 is 0 Å². The summed E-state index contributed by atoms with van der Waals surface area (Å²) in [6.45, 7) is 1.72. The molecule has 0 aliphatic carbocycles. The van der Waals surface area contributed by atoms with E-state index in [0.717, 1.165) is 6.26 Å². The number of esters is 1. The van der Waals surface area contributed by atoms with Crippen molar-refractivity contribution in [3.8, 4) is 16.9 Å². The molecule has 0 amide bonds. The molecule has 1 aromatic heterocycles. The van der Waals surface area contributed by atoms with Crippen LogP contribution in [0.2, 0.25) is 15.1 Å². The van der Waals surface area contributed by atoms with Crippen LogP contribution in [0.15, 0.2) is 42.5 Å². The van der Waals surface area contributed by atoms with Gasteiger partial charge in [-0.3, -0.25) is 4.72 Å². The SMILES string of the molecule is CCOC(=O)c1nn(-c2ccc(Cl)cc2Cl)c(-c2ccc(Cl)cc2)c1NS(C)(=O)=O. The van der Waals surface area contributed by atoms with E-state index in [2.05, 4.69) is 9.82 Å². The van der Waals surface area contributed by atoms with Crippen LogP contribution in [-0.4, -0.2) is 37.0 Å². The summed E-state index contributed by atoms with van der Waals surface area (Å²) in [4.78, 5) is 12.6. The maximum Gasteiger partial charge on any atom is 0.361 e. The Morgan fingerprint density at radius 3 is 2.30 bits per heavy atom. The molecule has 1 heterocycles. The van der Waals surface area contributed by atoms with Crippen molar-refractivity contribution in [2.45, 2.75) is 6.92 Å². The van der Waals surface area contributed by atoms with Crippen molar-refractivity contribution in [3.05, 3.63) is 63.2 Å². The van der Waals surface area contributed by atoms with Crippen molar-refractivity contribution < 1.29 is 17.9 Å². The minimum Gasteiger partial charge on any atom is -0.461 e. The number of hydrogen-bond acceptors (Lipinski definition) is 5. The minimum absolute atomic E-state index is 0.0377. The maximum absolute atomic E-state index is 12.6. The average Bonchev–Trinajstić information content (AvgIpc) is 3.00. The highest BCUT2D eigenvalue weighted by Crippen LogP contribution is 2.37. The summed E-state index contributed by atoms with van der Waals surface area (Å²) >= 11 is 18.4. The maximum atomic E-state index is 12.6. The van der Waals surface area contributed by atoms with Gasteiger partial charge >= 0.3 is 5.97 Å². The van der Waals surface area contributed by atoms with Crippen molar-refractivity contribution in [1.29, 1.82) is 0 Å². The fourth-order valence-corrected chi connectivity index (χ4v) is 3.92. The number of hydrogen-bond donors (Lipinski definition) is 1. The molecule has 0 aliphatic heterocycles. The molecular formula is C19H16Cl3N3O4S. The van der Waals surface area contributed by atoms with Gasteiger partial charge in [0.05, 0.1) is 29.3 Å². The lowest BCUT2D eigenvalue weighted by molar-refractivity contribution is 0.0520. The van der Waals surface area contributed by atoms with Gasteiger partial charge in [-0.25, -0.2) is 17.9 Å². The Labute approximate surface area is 188 Å². The topological polar surface area (TPSA) is 90.3 Å². The third-order valence-corrected chi connectivity index (χ3v) is 5.26. The summed E-state index contributed by atoms with van der Waals surface area (Å²) in [7, 11) is -3.76. The largest absolute Gasteiger partial charge is 0.461 e. The van der Waals surface area contributed by atoms with E-state index in [9.17, 15) is 13.2 Å². The van der Waals surface area contributed by atoms with Gasteiger partial charge in [-0.2, -0.15) is 5.10 Å². The third-order valence-electron chi connectivity index (χ3n) is 3.90. The van der Waals surface area contributed by atoms with Gasteiger partial charge in [-0.1, -0.05) is 46.9 Å².